The molecule has 6 nitrogen and oxygen atoms in total. The van der Waals surface area contributed by atoms with E-state index in [4.69, 9.17) is 0 Å². The van der Waals surface area contributed by atoms with Gasteiger partial charge in [-0.15, -0.1) is 12.4 Å². The third kappa shape index (κ3) is 3.82. The summed E-state index contributed by atoms with van der Waals surface area (Å²) in [4.78, 5) is 24.7. The number of carbonyl (C=O) groups is 1. The minimum absolute atomic E-state index is 0. The summed E-state index contributed by atoms with van der Waals surface area (Å²) in [6, 6.07) is 6.02. The lowest BCUT2D eigenvalue weighted by Crippen LogP contribution is -2.47. The number of piperidine rings is 2. The van der Waals surface area contributed by atoms with E-state index in [2.05, 4.69) is 5.32 Å². The molecular formula is C16H22ClN3O3. The predicted octanol–water partition coefficient (Wildman–Crippen LogP) is 2.62. The van der Waals surface area contributed by atoms with E-state index in [1.54, 1.807) is 12.1 Å². The summed E-state index contributed by atoms with van der Waals surface area (Å²) >= 11 is 0. The smallest absolute Gasteiger partial charge is 0.270 e. The van der Waals surface area contributed by atoms with E-state index in [-0.39, 0.29) is 24.0 Å². The van der Waals surface area contributed by atoms with Crippen LogP contribution in [0.2, 0.25) is 0 Å². The van der Waals surface area contributed by atoms with Gasteiger partial charge in [-0.3, -0.25) is 14.9 Å². The van der Waals surface area contributed by atoms with Gasteiger partial charge in [0, 0.05) is 30.8 Å². The van der Waals surface area contributed by atoms with Crippen molar-refractivity contribution in [1.29, 1.82) is 0 Å². The maximum Gasteiger partial charge on any atom is 0.270 e. The molecule has 23 heavy (non-hydrogen) atoms. The first-order chi connectivity index (χ1) is 10.6. The van der Waals surface area contributed by atoms with Crippen molar-refractivity contribution < 1.29 is 9.72 Å². The zero-order chi connectivity index (χ0) is 15.6. The number of nitro groups is 1. The number of rotatable bonds is 2. The van der Waals surface area contributed by atoms with Crippen LogP contribution in [0.1, 0.15) is 36.0 Å². The van der Waals surface area contributed by atoms with Crippen molar-refractivity contribution in [2.45, 2.75) is 25.7 Å². The van der Waals surface area contributed by atoms with Crippen LogP contribution in [0.15, 0.2) is 24.3 Å². The molecule has 0 aliphatic carbocycles. The number of non-ortho nitro benzene ring substituents is 1. The fourth-order valence-corrected chi connectivity index (χ4v) is 3.58. The topological polar surface area (TPSA) is 75.5 Å². The molecule has 0 atom stereocenters. The molecule has 126 valence electrons. The normalized spacial score (nSPS) is 19.9. The van der Waals surface area contributed by atoms with Crippen molar-refractivity contribution in [3.63, 3.8) is 0 Å². The highest BCUT2D eigenvalue weighted by atomic mass is 35.5. The Kier molecular flexibility index (Phi) is 5.59. The number of nitrogens with zero attached hydrogens (tertiary/aromatic N) is 2. The van der Waals surface area contributed by atoms with Gasteiger partial charge >= 0.3 is 0 Å². The Balaban J connectivity index is 0.00000192. The second kappa shape index (κ2) is 7.27. The molecule has 1 amide bonds. The van der Waals surface area contributed by atoms with Gasteiger partial charge in [0.05, 0.1) is 4.92 Å². The molecule has 2 fully saturated rings. The van der Waals surface area contributed by atoms with Crippen LogP contribution in [-0.2, 0) is 0 Å². The molecule has 3 rings (SSSR count). The molecule has 0 saturated carbocycles. The Morgan fingerprint density at radius 3 is 2.43 bits per heavy atom. The molecular weight excluding hydrogens is 318 g/mol. The van der Waals surface area contributed by atoms with E-state index >= 15 is 0 Å². The van der Waals surface area contributed by atoms with Gasteiger partial charge in [0.25, 0.3) is 11.6 Å². The van der Waals surface area contributed by atoms with E-state index in [1.165, 1.54) is 25.0 Å². The maximum absolute atomic E-state index is 12.5. The predicted molar refractivity (Wildman–Crippen MR) is 90.0 cm³/mol. The first kappa shape index (κ1) is 17.7. The minimum atomic E-state index is -0.461. The molecule has 7 heteroatoms. The minimum Gasteiger partial charge on any atom is -0.339 e. The molecule has 2 heterocycles. The molecule has 2 aliphatic rings. The van der Waals surface area contributed by atoms with Gasteiger partial charge in [0.15, 0.2) is 0 Å². The largest absolute Gasteiger partial charge is 0.339 e. The third-order valence-electron chi connectivity index (χ3n) is 5.08. The van der Waals surface area contributed by atoms with Gasteiger partial charge in [0.1, 0.15) is 0 Å². The fraction of sp³-hybridized carbons (Fsp3) is 0.562. The van der Waals surface area contributed by atoms with Gasteiger partial charge < -0.3 is 10.2 Å². The van der Waals surface area contributed by atoms with Gasteiger partial charge in [-0.1, -0.05) is 6.07 Å². The average Bonchev–Trinajstić information content (AvgIpc) is 2.56. The summed E-state index contributed by atoms with van der Waals surface area (Å²) in [6.07, 6.45) is 4.45. The number of nitro benzene ring substituents is 1. The van der Waals surface area contributed by atoms with Crippen LogP contribution in [0.25, 0.3) is 0 Å². The Morgan fingerprint density at radius 1 is 1.17 bits per heavy atom. The van der Waals surface area contributed by atoms with Crippen molar-refractivity contribution >= 4 is 24.0 Å². The van der Waals surface area contributed by atoms with Gasteiger partial charge in [-0.2, -0.15) is 0 Å². The summed E-state index contributed by atoms with van der Waals surface area (Å²) in [7, 11) is 0. The number of carbonyl (C=O) groups excluding carboxylic acids is 1. The molecule has 1 N–H and O–H groups in total. The zero-order valence-corrected chi connectivity index (χ0v) is 13.8. The highest BCUT2D eigenvalue weighted by Crippen LogP contribution is 2.39. The summed E-state index contributed by atoms with van der Waals surface area (Å²) in [5.41, 5.74) is 0.776. The van der Waals surface area contributed by atoms with E-state index in [9.17, 15) is 14.9 Å². The van der Waals surface area contributed by atoms with E-state index < -0.39 is 4.92 Å². The molecule has 0 aromatic heterocycles. The Labute approximate surface area is 141 Å². The second-order valence-corrected chi connectivity index (χ2v) is 6.35. The number of halogens is 1. The first-order valence-electron chi connectivity index (χ1n) is 7.84. The fourth-order valence-electron chi connectivity index (χ4n) is 3.58. The van der Waals surface area contributed by atoms with Crippen LogP contribution in [0.5, 0.6) is 0 Å². The van der Waals surface area contributed by atoms with Crippen LogP contribution >= 0.6 is 12.4 Å². The molecule has 0 unspecified atom stereocenters. The molecule has 1 aromatic rings. The Morgan fingerprint density at radius 2 is 1.83 bits per heavy atom. The number of benzene rings is 1. The maximum atomic E-state index is 12.5. The summed E-state index contributed by atoms with van der Waals surface area (Å²) in [5.74, 6) is -0.0903. The zero-order valence-electron chi connectivity index (χ0n) is 13.0. The molecule has 2 saturated heterocycles. The lowest BCUT2D eigenvalue weighted by Gasteiger charge is -2.44. The van der Waals surface area contributed by atoms with Crippen LogP contribution in [0.3, 0.4) is 0 Å². The number of hydrogen-bond acceptors (Lipinski definition) is 4. The van der Waals surface area contributed by atoms with Gasteiger partial charge in [-0.05, 0) is 50.3 Å². The highest BCUT2D eigenvalue weighted by molar-refractivity contribution is 5.94. The molecule has 1 spiro atoms. The van der Waals surface area contributed by atoms with E-state index in [0.717, 1.165) is 39.0 Å². The van der Waals surface area contributed by atoms with Crippen LogP contribution < -0.4 is 5.32 Å². The number of nitrogens with one attached hydrogen (secondary N) is 1. The van der Waals surface area contributed by atoms with Crippen molar-refractivity contribution in [2.24, 2.45) is 5.41 Å². The summed E-state index contributed by atoms with van der Waals surface area (Å²) in [6.45, 7) is 3.64. The third-order valence-corrected chi connectivity index (χ3v) is 5.08. The number of hydrogen-bond donors (Lipinski definition) is 1. The van der Waals surface area contributed by atoms with Gasteiger partial charge in [-0.25, -0.2) is 0 Å². The molecule has 1 aromatic carbocycles. The quantitative estimate of drug-likeness (QED) is 0.664. The Bertz CT molecular complexity index is 578. The Hall–Kier alpha value is -1.66. The lowest BCUT2D eigenvalue weighted by atomic mass is 9.71. The van der Waals surface area contributed by atoms with E-state index in [0.29, 0.717) is 11.0 Å². The van der Waals surface area contributed by atoms with Gasteiger partial charge in [0.2, 0.25) is 0 Å². The SMILES string of the molecule is Cl.O=C(c1cccc([N+](=O)[O-])c1)N1CCC2(CCNCC2)CC1. The van der Waals surface area contributed by atoms with Crippen LogP contribution in [0.4, 0.5) is 5.69 Å². The first-order valence-corrected chi connectivity index (χ1v) is 7.84. The lowest BCUT2D eigenvalue weighted by molar-refractivity contribution is -0.384. The standard InChI is InChI=1S/C16H21N3O3.ClH/c20-15(13-2-1-3-14(12-13)19(21)22)18-10-6-16(7-11-18)4-8-17-9-5-16;/h1-3,12,17H,4-11H2;1H. The van der Waals surface area contributed by atoms with Crippen LogP contribution in [-0.4, -0.2) is 41.9 Å². The van der Waals surface area contributed by atoms with E-state index in [1.807, 2.05) is 4.90 Å². The second-order valence-electron chi connectivity index (χ2n) is 6.35. The van der Waals surface area contributed by atoms with Crippen molar-refractivity contribution in [3.8, 4) is 0 Å². The van der Waals surface area contributed by atoms with Crippen molar-refractivity contribution in [1.82, 2.24) is 10.2 Å². The molecule has 0 bridgehead atoms. The number of likely N-dealkylation sites (tertiary alicyclic amines) is 1. The van der Waals surface area contributed by atoms with Crippen LogP contribution in [0, 0.1) is 15.5 Å². The molecule has 2 aliphatic heterocycles. The average molecular weight is 340 g/mol. The van der Waals surface area contributed by atoms with Crippen molar-refractivity contribution in [3.05, 3.63) is 39.9 Å². The molecule has 0 radical (unpaired) electrons. The number of amides is 1. The highest BCUT2D eigenvalue weighted by Gasteiger charge is 2.36. The van der Waals surface area contributed by atoms with Crippen molar-refractivity contribution in [2.75, 3.05) is 26.2 Å². The monoisotopic (exact) mass is 339 g/mol. The summed E-state index contributed by atoms with van der Waals surface area (Å²) in [5, 5.41) is 14.2. The summed E-state index contributed by atoms with van der Waals surface area (Å²) < 4.78 is 0.